The first kappa shape index (κ1) is 11.5. The molecule has 0 atom stereocenters. The Morgan fingerprint density at radius 3 is 2.84 bits per heavy atom. The van der Waals surface area contributed by atoms with Crippen LogP contribution in [-0.2, 0) is 0 Å². The van der Waals surface area contributed by atoms with Crippen LogP contribution in [-0.4, -0.2) is 25.4 Å². The van der Waals surface area contributed by atoms with E-state index in [1.807, 2.05) is 24.3 Å². The molecule has 19 heavy (non-hydrogen) atoms. The van der Waals surface area contributed by atoms with Gasteiger partial charge in [-0.05, 0) is 24.3 Å². The standard InChI is InChI=1S/C14H12N2O3/c17-9-12-4-5-13(19-12)10-2-1-3-11(8-10)16-7-6-15-14(16)18/h1-5,8-9H,6-7H2,(H,15,18). The number of benzene rings is 1. The van der Waals surface area contributed by atoms with Crippen molar-refractivity contribution in [2.24, 2.45) is 0 Å². The van der Waals surface area contributed by atoms with Crippen LogP contribution in [0.1, 0.15) is 10.6 Å². The summed E-state index contributed by atoms with van der Waals surface area (Å²) in [6.07, 6.45) is 0.668. The fraction of sp³-hybridized carbons (Fsp3) is 0.143. The maximum Gasteiger partial charge on any atom is 0.321 e. The van der Waals surface area contributed by atoms with Gasteiger partial charge in [-0.25, -0.2) is 4.79 Å². The highest BCUT2D eigenvalue weighted by Crippen LogP contribution is 2.26. The summed E-state index contributed by atoms with van der Waals surface area (Å²) in [6, 6.07) is 10.8. The molecule has 1 N–H and O–H groups in total. The first-order chi connectivity index (χ1) is 9.28. The van der Waals surface area contributed by atoms with Gasteiger partial charge in [-0.2, -0.15) is 0 Å². The molecule has 96 valence electrons. The third kappa shape index (κ3) is 2.10. The normalized spacial score (nSPS) is 14.5. The maximum atomic E-state index is 11.6. The summed E-state index contributed by atoms with van der Waals surface area (Å²) in [7, 11) is 0. The fourth-order valence-corrected chi connectivity index (χ4v) is 2.12. The zero-order valence-electron chi connectivity index (χ0n) is 10.1. The van der Waals surface area contributed by atoms with Crippen LogP contribution in [0.4, 0.5) is 10.5 Å². The van der Waals surface area contributed by atoms with Crippen LogP contribution in [0.15, 0.2) is 40.8 Å². The lowest BCUT2D eigenvalue weighted by Crippen LogP contribution is -2.27. The van der Waals surface area contributed by atoms with Crippen molar-refractivity contribution >= 4 is 18.0 Å². The molecule has 0 aliphatic carbocycles. The lowest BCUT2D eigenvalue weighted by atomic mass is 10.1. The van der Waals surface area contributed by atoms with Gasteiger partial charge in [0.2, 0.25) is 0 Å². The third-order valence-electron chi connectivity index (χ3n) is 3.04. The first-order valence-electron chi connectivity index (χ1n) is 5.99. The Bertz CT molecular complexity index is 633. The number of urea groups is 1. The highest BCUT2D eigenvalue weighted by atomic mass is 16.3. The summed E-state index contributed by atoms with van der Waals surface area (Å²) in [6.45, 7) is 1.30. The number of nitrogens with one attached hydrogen (secondary N) is 1. The SMILES string of the molecule is O=Cc1ccc(-c2cccc(N3CCNC3=O)c2)o1. The van der Waals surface area contributed by atoms with Gasteiger partial charge in [-0.1, -0.05) is 12.1 Å². The number of hydrogen-bond donors (Lipinski definition) is 1. The Morgan fingerprint density at radius 1 is 1.26 bits per heavy atom. The molecule has 0 saturated carbocycles. The van der Waals surface area contributed by atoms with Crippen molar-refractivity contribution in [1.29, 1.82) is 0 Å². The van der Waals surface area contributed by atoms with E-state index in [9.17, 15) is 9.59 Å². The van der Waals surface area contributed by atoms with Crippen LogP contribution in [0, 0.1) is 0 Å². The number of nitrogens with zero attached hydrogens (tertiary/aromatic N) is 1. The highest BCUT2D eigenvalue weighted by Gasteiger charge is 2.21. The number of rotatable bonds is 3. The second-order valence-corrected chi connectivity index (χ2v) is 4.25. The Balaban J connectivity index is 1.95. The number of aldehydes is 1. The molecule has 2 aromatic rings. The average Bonchev–Trinajstić information content (AvgIpc) is 3.07. The van der Waals surface area contributed by atoms with E-state index >= 15 is 0 Å². The number of anilines is 1. The first-order valence-corrected chi connectivity index (χ1v) is 5.99. The molecule has 5 heteroatoms. The van der Waals surface area contributed by atoms with E-state index in [2.05, 4.69) is 5.32 Å². The summed E-state index contributed by atoms with van der Waals surface area (Å²) in [5, 5.41) is 2.76. The van der Waals surface area contributed by atoms with E-state index in [0.717, 1.165) is 11.3 Å². The number of furan rings is 1. The van der Waals surface area contributed by atoms with E-state index in [4.69, 9.17) is 4.42 Å². The van der Waals surface area contributed by atoms with Crippen molar-refractivity contribution < 1.29 is 14.0 Å². The molecule has 2 amide bonds. The lowest BCUT2D eigenvalue weighted by Gasteiger charge is -2.14. The van der Waals surface area contributed by atoms with Crippen LogP contribution in [0.5, 0.6) is 0 Å². The molecule has 1 saturated heterocycles. The zero-order valence-corrected chi connectivity index (χ0v) is 10.1. The Hall–Kier alpha value is -2.56. The second-order valence-electron chi connectivity index (χ2n) is 4.25. The highest BCUT2D eigenvalue weighted by molar-refractivity contribution is 5.94. The molecular formula is C14H12N2O3. The van der Waals surface area contributed by atoms with Crippen LogP contribution < -0.4 is 10.2 Å². The molecule has 0 spiro atoms. The summed E-state index contributed by atoms with van der Waals surface area (Å²) >= 11 is 0. The summed E-state index contributed by atoms with van der Waals surface area (Å²) in [4.78, 5) is 23.9. The minimum atomic E-state index is -0.0924. The van der Waals surface area contributed by atoms with Gasteiger partial charge in [0.25, 0.3) is 0 Å². The van der Waals surface area contributed by atoms with Crippen molar-refractivity contribution in [1.82, 2.24) is 5.32 Å². The Labute approximate surface area is 109 Å². The van der Waals surface area contributed by atoms with Crippen molar-refractivity contribution in [3.63, 3.8) is 0 Å². The molecule has 3 rings (SSSR count). The van der Waals surface area contributed by atoms with Gasteiger partial charge in [0.15, 0.2) is 12.0 Å². The number of amides is 2. The molecule has 5 nitrogen and oxygen atoms in total. The van der Waals surface area contributed by atoms with Gasteiger partial charge in [0.1, 0.15) is 5.76 Å². The van der Waals surface area contributed by atoms with Crippen LogP contribution >= 0.6 is 0 Å². The lowest BCUT2D eigenvalue weighted by molar-refractivity contribution is 0.110. The van der Waals surface area contributed by atoms with E-state index in [1.165, 1.54) is 0 Å². The fourth-order valence-electron chi connectivity index (χ4n) is 2.12. The molecule has 1 aliphatic rings. The van der Waals surface area contributed by atoms with Gasteiger partial charge in [-0.3, -0.25) is 9.69 Å². The van der Waals surface area contributed by atoms with Gasteiger partial charge in [0.05, 0.1) is 0 Å². The van der Waals surface area contributed by atoms with Crippen molar-refractivity contribution in [2.75, 3.05) is 18.0 Å². The summed E-state index contributed by atoms with van der Waals surface area (Å²) in [5.74, 6) is 0.905. The van der Waals surface area contributed by atoms with E-state index in [1.54, 1.807) is 17.0 Å². The zero-order chi connectivity index (χ0) is 13.2. The van der Waals surface area contributed by atoms with Crippen molar-refractivity contribution in [3.05, 3.63) is 42.2 Å². The van der Waals surface area contributed by atoms with Gasteiger partial charge in [0, 0.05) is 24.3 Å². The van der Waals surface area contributed by atoms with E-state index in [-0.39, 0.29) is 6.03 Å². The van der Waals surface area contributed by atoms with Gasteiger partial charge >= 0.3 is 6.03 Å². The summed E-state index contributed by atoms with van der Waals surface area (Å²) < 4.78 is 5.38. The minimum absolute atomic E-state index is 0.0924. The third-order valence-corrected chi connectivity index (χ3v) is 3.04. The molecule has 1 aromatic heterocycles. The van der Waals surface area contributed by atoms with Crippen LogP contribution in [0.25, 0.3) is 11.3 Å². The van der Waals surface area contributed by atoms with Crippen LogP contribution in [0.3, 0.4) is 0 Å². The molecular weight excluding hydrogens is 244 g/mol. The number of carbonyl (C=O) groups is 2. The average molecular weight is 256 g/mol. The molecule has 0 unspecified atom stereocenters. The molecule has 1 fully saturated rings. The topological polar surface area (TPSA) is 62.6 Å². The van der Waals surface area contributed by atoms with Crippen molar-refractivity contribution in [2.45, 2.75) is 0 Å². The van der Waals surface area contributed by atoms with E-state index in [0.29, 0.717) is 30.9 Å². The predicted octanol–water partition coefficient (Wildman–Crippen LogP) is 2.29. The Kier molecular flexibility index (Phi) is 2.79. The molecule has 1 aromatic carbocycles. The molecule has 0 radical (unpaired) electrons. The number of hydrogen-bond acceptors (Lipinski definition) is 3. The molecule has 2 heterocycles. The van der Waals surface area contributed by atoms with E-state index < -0.39 is 0 Å². The summed E-state index contributed by atoms with van der Waals surface area (Å²) in [5.41, 5.74) is 1.65. The monoisotopic (exact) mass is 256 g/mol. The maximum absolute atomic E-state index is 11.6. The van der Waals surface area contributed by atoms with Gasteiger partial charge < -0.3 is 9.73 Å². The van der Waals surface area contributed by atoms with Gasteiger partial charge in [-0.15, -0.1) is 0 Å². The minimum Gasteiger partial charge on any atom is -0.453 e. The van der Waals surface area contributed by atoms with Crippen molar-refractivity contribution in [3.8, 4) is 11.3 Å². The molecule has 0 bridgehead atoms. The molecule has 1 aliphatic heterocycles. The smallest absolute Gasteiger partial charge is 0.321 e. The Morgan fingerprint density at radius 2 is 2.16 bits per heavy atom. The predicted molar refractivity (Wildman–Crippen MR) is 70.3 cm³/mol. The number of carbonyl (C=O) groups excluding carboxylic acids is 2. The quantitative estimate of drug-likeness (QED) is 0.857. The second kappa shape index (κ2) is 4.61. The van der Waals surface area contributed by atoms with Crippen LogP contribution in [0.2, 0.25) is 0 Å². The largest absolute Gasteiger partial charge is 0.453 e.